The van der Waals surface area contributed by atoms with Gasteiger partial charge in [0, 0.05) is 17.2 Å². The molecule has 0 aliphatic rings. The number of carbonyl (C=O) groups excluding carboxylic acids is 1. The Morgan fingerprint density at radius 3 is 2.69 bits per heavy atom. The number of rotatable bonds is 5. The summed E-state index contributed by atoms with van der Waals surface area (Å²) in [5.74, 6) is -0.386. The van der Waals surface area contributed by atoms with Gasteiger partial charge >= 0.3 is 0 Å². The first kappa shape index (κ1) is 19.0. The predicted molar refractivity (Wildman–Crippen MR) is 98.1 cm³/mol. The molecule has 2 aromatic rings. The van der Waals surface area contributed by atoms with Crippen molar-refractivity contribution in [3.05, 3.63) is 68.2 Å². The molecule has 0 saturated carbocycles. The summed E-state index contributed by atoms with van der Waals surface area (Å²) in [7, 11) is 1.42. The average Bonchev–Trinajstić information content (AvgIpc) is 2.62. The van der Waals surface area contributed by atoms with Gasteiger partial charge in [0.25, 0.3) is 11.6 Å². The van der Waals surface area contributed by atoms with Crippen LogP contribution in [0.4, 0.5) is 11.4 Å². The zero-order chi connectivity index (χ0) is 19.3. The molecule has 8 heteroatoms. The highest BCUT2D eigenvalue weighted by Crippen LogP contribution is 2.31. The van der Waals surface area contributed by atoms with Crippen molar-refractivity contribution < 1.29 is 14.5 Å². The van der Waals surface area contributed by atoms with Crippen LogP contribution in [0.2, 0.25) is 5.02 Å². The van der Waals surface area contributed by atoms with Crippen LogP contribution in [-0.4, -0.2) is 17.9 Å². The number of nitriles is 1. The molecular formula is C18H14ClN3O4. The molecule has 0 unspecified atom stereocenters. The number of benzene rings is 2. The Kier molecular flexibility index (Phi) is 5.94. The Labute approximate surface area is 154 Å². The summed E-state index contributed by atoms with van der Waals surface area (Å²) in [6.45, 7) is 1.76. The number of amides is 1. The van der Waals surface area contributed by atoms with Gasteiger partial charge in [-0.25, -0.2) is 0 Å². The molecule has 0 aromatic heterocycles. The number of nitro groups is 1. The van der Waals surface area contributed by atoms with Crippen LogP contribution >= 0.6 is 11.6 Å². The number of hydrogen-bond donors (Lipinski definition) is 1. The van der Waals surface area contributed by atoms with Gasteiger partial charge in [0.05, 0.1) is 23.3 Å². The molecule has 0 aliphatic carbocycles. The van der Waals surface area contributed by atoms with Crippen molar-refractivity contribution in [3.8, 4) is 11.8 Å². The lowest BCUT2D eigenvalue weighted by Crippen LogP contribution is -2.14. The molecule has 2 aromatic carbocycles. The van der Waals surface area contributed by atoms with Crippen molar-refractivity contribution in [2.24, 2.45) is 0 Å². The van der Waals surface area contributed by atoms with Crippen molar-refractivity contribution in [1.82, 2.24) is 0 Å². The van der Waals surface area contributed by atoms with Crippen molar-refractivity contribution in [2.75, 3.05) is 12.4 Å². The normalized spacial score (nSPS) is 10.8. The van der Waals surface area contributed by atoms with Gasteiger partial charge in [-0.1, -0.05) is 23.7 Å². The molecule has 0 atom stereocenters. The zero-order valence-electron chi connectivity index (χ0n) is 13.9. The SMILES string of the molecule is COc1cc(Cl)c(C)cc1NC(=O)/C(C#N)=C/c1ccccc1[N+](=O)[O-]. The van der Waals surface area contributed by atoms with E-state index in [2.05, 4.69) is 5.32 Å². The minimum Gasteiger partial charge on any atom is -0.495 e. The van der Waals surface area contributed by atoms with E-state index >= 15 is 0 Å². The summed E-state index contributed by atoms with van der Waals surface area (Å²) in [4.78, 5) is 22.9. The van der Waals surface area contributed by atoms with E-state index in [0.717, 1.165) is 0 Å². The third-order valence-corrected chi connectivity index (χ3v) is 3.93. The molecule has 1 N–H and O–H groups in total. The number of ether oxygens (including phenoxy) is 1. The van der Waals surface area contributed by atoms with Crippen LogP contribution < -0.4 is 10.1 Å². The summed E-state index contributed by atoms with van der Waals surface area (Å²) >= 11 is 6.03. The van der Waals surface area contributed by atoms with Crippen molar-refractivity contribution >= 4 is 35.0 Å². The van der Waals surface area contributed by atoms with Crippen LogP contribution in [0.3, 0.4) is 0 Å². The molecule has 0 radical (unpaired) electrons. The lowest BCUT2D eigenvalue weighted by atomic mass is 10.1. The van der Waals surface area contributed by atoms with Crippen molar-refractivity contribution in [2.45, 2.75) is 6.92 Å². The fourth-order valence-corrected chi connectivity index (χ4v) is 2.35. The lowest BCUT2D eigenvalue weighted by molar-refractivity contribution is -0.385. The second kappa shape index (κ2) is 8.14. The number of nitrogens with zero attached hydrogens (tertiary/aromatic N) is 2. The highest BCUT2D eigenvalue weighted by atomic mass is 35.5. The van der Waals surface area contributed by atoms with E-state index in [1.54, 1.807) is 31.2 Å². The number of anilines is 1. The molecule has 1 amide bonds. The largest absolute Gasteiger partial charge is 0.495 e. The first-order valence-corrected chi connectivity index (χ1v) is 7.76. The molecule has 26 heavy (non-hydrogen) atoms. The van der Waals surface area contributed by atoms with E-state index < -0.39 is 10.8 Å². The molecule has 132 valence electrons. The van der Waals surface area contributed by atoms with Gasteiger partial charge < -0.3 is 10.1 Å². The van der Waals surface area contributed by atoms with Crippen LogP contribution in [0.1, 0.15) is 11.1 Å². The van der Waals surface area contributed by atoms with Gasteiger partial charge in [0.1, 0.15) is 17.4 Å². The van der Waals surface area contributed by atoms with Crippen molar-refractivity contribution in [3.63, 3.8) is 0 Å². The molecule has 0 heterocycles. The number of nitro benzene ring substituents is 1. The molecule has 0 saturated heterocycles. The molecular weight excluding hydrogens is 358 g/mol. The molecule has 0 bridgehead atoms. The van der Waals surface area contributed by atoms with Crippen LogP contribution in [0.25, 0.3) is 6.08 Å². The Morgan fingerprint density at radius 2 is 2.08 bits per heavy atom. The van der Waals surface area contributed by atoms with Crippen LogP contribution in [0.5, 0.6) is 5.75 Å². The molecule has 0 fully saturated rings. The standard InChI is InChI=1S/C18H14ClN3O4/c1-11-7-15(17(26-2)9-14(11)19)21-18(23)13(10-20)8-12-5-3-4-6-16(12)22(24)25/h3-9H,1-2H3,(H,21,23)/b13-8+. The highest BCUT2D eigenvalue weighted by Gasteiger charge is 2.17. The second-order valence-electron chi connectivity index (χ2n) is 5.24. The fraction of sp³-hybridized carbons (Fsp3) is 0.111. The summed E-state index contributed by atoms with van der Waals surface area (Å²) in [5, 5.41) is 23.4. The molecule has 0 spiro atoms. The van der Waals surface area contributed by atoms with Gasteiger partial charge in [-0.15, -0.1) is 0 Å². The fourth-order valence-electron chi connectivity index (χ4n) is 2.20. The quantitative estimate of drug-likeness (QED) is 0.368. The Hall–Kier alpha value is -3.37. The number of hydrogen-bond acceptors (Lipinski definition) is 5. The maximum atomic E-state index is 12.4. The van der Waals surface area contributed by atoms with Gasteiger partial charge in [0.2, 0.25) is 0 Å². The molecule has 7 nitrogen and oxygen atoms in total. The number of halogens is 1. The maximum absolute atomic E-state index is 12.4. The maximum Gasteiger partial charge on any atom is 0.276 e. The Balaban J connectivity index is 2.38. The summed E-state index contributed by atoms with van der Waals surface area (Å²) in [6.07, 6.45) is 1.17. The minimum atomic E-state index is -0.717. The summed E-state index contributed by atoms with van der Waals surface area (Å²) in [5.41, 5.74) is 0.720. The molecule has 2 rings (SSSR count). The third kappa shape index (κ3) is 4.18. The van der Waals surface area contributed by atoms with Gasteiger partial charge in [0.15, 0.2) is 0 Å². The van der Waals surface area contributed by atoms with E-state index in [9.17, 15) is 20.2 Å². The topological polar surface area (TPSA) is 105 Å². The van der Waals surface area contributed by atoms with Crippen molar-refractivity contribution in [1.29, 1.82) is 5.26 Å². The number of methoxy groups -OCH3 is 1. The zero-order valence-corrected chi connectivity index (χ0v) is 14.7. The van der Waals surface area contributed by atoms with Gasteiger partial charge in [-0.05, 0) is 30.7 Å². The van der Waals surface area contributed by atoms with Crippen LogP contribution in [0, 0.1) is 28.4 Å². The second-order valence-corrected chi connectivity index (χ2v) is 5.65. The average molecular weight is 372 g/mol. The number of nitrogens with one attached hydrogen (secondary N) is 1. The number of carbonyl (C=O) groups is 1. The first-order valence-electron chi connectivity index (χ1n) is 7.38. The van der Waals surface area contributed by atoms with Crippen LogP contribution in [-0.2, 0) is 4.79 Å². The smallest absolute Gasteiger partial charge is 0.276 e. The predicted octanol–water partition coefficient (Wildman–Crippen LogP) is 4.11. The molecule has 0 aliphatic heterocycles. The lowest BCUT2D eigenvalue weighted by Gasteiger charge is -2.12. The summed E-state index contributed by atoms with van der Waals surface area (Å²) in [6, 6.07) is 10.7. The number of para-hydroxylation sites is 1. The van der Waals surface area contributed by atoms with Gasteiger partial charge in [-0.3, -0.25) is 14.9 Å². The summed E-state index contributed by atoms with van der Waals surface area (Å²) < 4.78 is 5.17. The highest BCUT2D eigenvalue weighted by molar-refractivity contribution is 6.31. The van der Waals surface area contributed by atoms with E-state index in [-0.39, 0.29) is 16.8 Å². The van der Waals surface area contributed by atoms with E-state index in [0.29, 0.717) is 22.0 Å². The van der Waals surface area contributed by atoms with E-state index in [4.69, 9.17) is 16.3 Å². The van der Waals surface area contributed by atoms with E-state index in [1.807, 2.05) is 0 Å². The third-order valence-electron chi connectivity index (χ3n) is 3.53. The Morgan fingerprint density at radius 1 is 1.38 bits per heavy atom. The monoisotopic (exact) mass is 371 g/mol. The van der Waals surface area contributed by atoms with E-state index in [1.165, 1.54) is 31.4 Å². The van der Waals surface area contributed by atoms with Crippen LogP contribution in [0.15, 0.2) is 42.0 Å². The van der Waals surface area contributed by atoms with Gasteiger partial charge in [-0.2, -0.15) is 5.26 Å². The minimum absolute atomic E-state index is 0.156. The first-order chi connectivity index (χ1) is 12.4. The number of aryl methyl sites for hydroxylation is 1. The Bertz CT molecular complexity index is 948.